The molecular formula is C14H12FN3O2S. The number of hydrogen-bond acceptors (Lipinski definition) is 4. The fourth-order valence-electron chi connectivity index (χ4n) is 1.76. The van der Waals surface area contributed by atoms with Gasteiger partial charge in [0.2, 0.25) is 0 Å². The zero-order valence-corrected chi connectivity index (χ0v) is 11.9. The van der Waals surface area contributed by atoms with Crippen LogP contribution in [0, 0.1) is 24.1 Å². The highest BCUT2D eigenvalue weighted by molar-refractivity contribution is 7.92. The summed E-state index contributed by atoms with van der Waals surface area (Å²) in [6, 6.07) is 9.49. The van der Waals surface area contributed by atoms with Crippen molar-refractivity contribution in [2.24, 2.45) is 0 Å². The molecule has 3 N–H and O–H groups in total. The Hall–Kier alpha value is -2.59. The molecule has 0 aromatic heterocycles. The average molecular weight is 305 g/mol. The van der Waals surface area contributed by atoms with Crippen LogP contribution in [0.1, 0.15) is 11.1 Å². The highest BCUT2D eigenvalue weighted by Gasteiger charge is 2.16. The number of nitrogens with zero attached hydrogens (tertiary/aromatic N) is 1. The van der Waals surface area contributed by atoms with E-state index in [1.807, 2.05) is 6.07 Å². The fraction of sp³-hybridized carbons (Fsp3) is 0.0714. The second kappa shape index (κ2) is 5.42. The molecular weight excluding hydrogens is 293 g/mol. The van der Waals surface area contributed by atoms with Gasteiger partial charge in [-0.1, -0.05) is 0 Å². The molecule has 0 heterocycles. The van der Waals surface area contributed by atoms with Crippen LogP contribution >= 0.6 is 0 Å². The molecule has 0 aliphatic carbocycles. The third-order valence-electron chi connectivity index (χ3n) is 2.89. The van der Waals surface area contributed by atoms with E-state index < -0.39 is 15.8 Å². The number of rotatable bonds is 3. The Labute approximate surface area is 121 Å². The Bertz CT molecular complexity index is 842. The summed E-state index contributed by atoms with van der Waals surface area (Å²) < 4.78 is 39.7. The number of nitrogen functional groups attached to an aromatic ring is 1. The number of nitriles is 1. The Balaban J connectivity index is 2.39. The van der Waals surface area contributed by atoms with E-state index in [0.29, 0.717) is 11.1 Å². The summed E-state index contributed by atoms with van der Waals surface area (Å²) in [5, 5.41) is 8.84. The van der Waals surface area contributed by atoms with Crippen LogP contribution in [-0.2, 0) is 10.0 Å². The molecule has 2 aromatic carbocycles. The van der Waals surface area contributed by atoms with E-state index in [0.717, 1.165) is 12.1 Å². The summed E-state index contributed by atoms with van der Waals surface area (Å²) in [4.78, 5) is 0.00252. The lowest BCUT2D eigenvalue weighted by Gasteiger charge is -2.11. The number of anilines is 2. The summed E-state index contributed by atoms with van der Waals surface area (Å²) >= 11 is 0. The molecule has 7 heteroatoms. The fourth-order valence-corrected chi connectivity index (χ4v) is 2.93. The van der Waals surface area contributed by atoms with Crippen molar-refractivity contribution < 1.29 is 12.8 Å². The lowest BCUT2D eigenvalue weighted by Crippen LogP contribution is -2.14. The predicted octanol–water partition coefficient (Wildman–Crippen LogP) is 2.39. The van der Waals surface area contributed by atoms with Gasteiger partial charge in [0.1, 0.15) is 5.82 Å². The minimum atomic E-state index is -3.86. The van der Waals surface area contributed by atoms with E-state index in [-0.39, 0.29) is 16.3 Å². The number of halogens is 1. The van der Waals surface area contributed by atoms with E-state index in [1.54, 1.807) is 6.92 Å². The molecule has 5 nitrogen and oxygen atoms in total. The molecule has 0 atom stereocenters. The molecule has 0 aliphatic rings. The molecule has 0 spiro atoms. The summed E-state index contributed by atoms with van der Waals surface area (Å²) in [7, 11) is -3.86. The van der Waals surface area contributed by atoms with Crippen molar-refractivity contribution in [2.75, 3.05) is 10.5 Å². The number of nitrogens with one attached hydrogen (secondary N) is 1. The van der Waals surface area contributed by atoms with E-state index in [1.165, 1.54) is 24.3 Å². The van der Waals surface area contributed by atoms with E-state index in [9.17, 15) is 12.8 Å². The van der Waals surface area contributed by atoms with E-state index >= 15 is 0 Å². The number of nitrogens with two attached hydrogens (primary N) is 1. The molecule has 0 saturated carbocycles. The maximum absolute atomic E-state index is 13.0. The average Bonchev–Trinajstić information content (AvgIpc) is 2.42. The Morgan fingerprint density at radius 3 is 2.52 bits per heavy atom. The molecule has 0 saturated heterocycles. The molecule has 2 rings (SSSR count). The summed E-state index contributed by atoms with van der Waals surface area (Å²) in [5.74, 6) is -0.551. The van der Waals surface area contributed by atoms with Gasteiger partial charge in [-0.25, -0.2) is 12.8 Å². The van der Waals surface area contributed by atoms with Gasteiger partial charge < -0.3 is 5.73 Å². The quantitative estimate of drug-likeness (QED) is 0.851. The molecule has 0 fully saturated rings. The molecule has 0 amide bonds. The summed E-state index contributed by atoms with van der Waals surface area (Å²) in [6.45, 7) is 1.64. The second-order valence-electron chi connectivity index (χ2n) is 4.43. The first-order valence-corrected chi connectivity index (χ1v) is 7.40. The molecule has 0 radical (unpaired) electrons. The van der Waals surface area contributed by atoms with Crippen LogP contribution in [0.4, 0.5) is 15.8 Å². The highest BCUT2D eigenvalue weighted by Crippen LogP contribution is 2.23. The first-order chi connectivity index (χ1) is 9.83. The van der Waals surface area contributed by atoms with Gasteiger partial charge in [-0.05, 0) is 48.9 Å². The van der Waals surface area contributed by atoms with Gasteiger partial charge in [0.05, 0.1) is 27.9 Å². The maximum Gasteiger partial charge on any atom is 0.261 e. The lowest BCUT2D eigenvalue weighted by molar-refractivity contribution is 0.601. The van der Waals surface area contributed by atoms with Gasteiger partial charge in [0.25, 0.3) is 10.0 Å². The van der Waals surface area contributed by atoms with Crippen LogP contribution in [0.5, 0.6) is 0 Å². The predicted molar refractivity (Wildman–Crippen MR) is 77.5 cm³/mol. The topological polar surface area (TPSA) is 96.0 Å². The zero-order chi connectivity index (χ0) is 15.6. The van der Waals surface area contributed by atoms with Crippen LogP contribution in [0.3, 0.4) is 0 Å². The maximum atomic E-state index is 13.0. The normalized spacial score (nSPS) is 10.9. The molecule has 0 bridgehead atoms. The van der Waals surface area contributed by atoms with Gasteiger partial charge in [-0.2, -0.15) is 5.26 Å². The van der Waals surface area contributed by atoms with Gasteiger partial charge >= 0.3 is 0 Å². The lowest BCUT2D eigenvalue weighted by atomic mass is 10.1. The van der Waals surface area contributed by atoms with Crippen LogP contribution in [-0.4, -0.2) is 8.42 Å². The first-order valence-electron chi connectivity index (χ1n) is 5.92. The SMILES string of the molecule is Cc1cc(S(=O)(=O)Nc2ccc(F)cc2N)ccc1C#N. The summed E-state index contributed by atoms with van der Waals surface area (Å²) in [5.41, 5.74) is 6.60. The first kappa shape index (κ1) is 14.8. The van der Waals surface area contributed by atoms with Crippen molar-refractivity contribution in [3.8, 4) is 6.07 Å². The van der Waals surface area contributed by atoms with Crippen LogP contribution in [0.15, 0.2) is 41.3 Å². The molecule has 0 unspecified atom stereocenters. The van der Waals surface area contributed by atoms with Gasteiger partial charge in [-0.15, -0.1) is 0 Å². The minimum Gasteiger partial charge on any atom is -0.397 e. The smallest absolute Gasteiger partial charge is 0.261 e. The minimum absolute atomic E-state index is 0.00252. The largest absolute Gasteiger partial charge is 0.397 e. The van der Waals surface area contributed by atoms with Crippen LogP contribution in [0.25, 0.3) is 0 Å². The third kappa shape index (κ3) is 3.12. The number of benzene rings is 2. The Morgan fingerprint density at radius 2 is 1.95 bits per heavy atom. The van der Waals surface area contributed by atoms with Crippen molar-refractivity contribution in [3.05, 3.63) is 53.3 Å². The van der Waals surface area contributed by atoms with E-state index in [4.69, 9.17) is 11.0 Å². The number of sulfonamides is 1. The summed E-state index contributed by atoms with van der Waals surface area (Å²) in [6.07, 6.45) is 0. The van der Waals surface area contributed by atoms with Crippen LogP contribution in [0.2, 0.25) is 0 Å². The van der Waals surface area contributed by atoms with Gasteiger partial charge in [-0.3, -0.25) is 4.72 Å². The third-order valence-corrected chi connectivity index (χ3v) is 4.25. The standard InChI is InChI=1S/C14H12FN3O2S/c1-9-6-12(4-2-10(9)8-16)21(19,20)18-14-5-3-11(15)7-13(14)17/h2-7,18H,17H2,1H3. The number of hydrogen-bond donors (Lipinski definition) is 2. The van der Waals surface area contributed by atoms with Crippen LogP contribution < -0.4 is 10.5 Å². The number of aryl methyl sites for hydroxylation is 1. The van der Waals surface area contributed by atoms with Crippen molar-refractivity contribution in [1.29, 1.82) is 5.26 Å². The van der Waals surface area contributed by atoms with Crippen molar-refractivity contribution in [1.82, 2.24) is 0 Å². The van der Waals surface area contributed by atoms with E-state index in [2.05, 4.69) is 4.72 Å². The monoisotopic (exact) mass is 305 g/mol. The van der Waals surface area contributed by atoms with Gasteiger partial charge in [0, 0.05) is 0 Å². The molecule has 2 aromatic rings. The molecule has 108 valence electrons. The van der Waals surface area contributed by atoms with Crippen molar-refractivity contribution in [3.63, 3.8) is 0 Å². The Kier molecular flexibility index (Phi) is 3.82. The highest BCUT2D eigenvalue weighted by atomic mass is 32.2. The molecule has 21 heavy (non-hydrogen) atoms. The molecule has 0 aliphatic heterocycles. The van der Waals surface area contributed by atoms with Gasteiger partial charge in [0.15, 0.2) is 0 Å². The second-order valence-corrected chi connectivity index (χ2v) is 6.11. The van der Waals surface area contributed by atoms with Crippen molar-refractivity contribution in [2.45, 2.75) is 11.8 Å². The zero-order valence-electron chi connectivity index (χ0n) is 11.1. The Morgan fingerprint density at radius 1 is 1.24 bits per heavy atom. The van der Waals surface area contributed by atoms with Crippen molar-refractivity contribution >= 4 is 21.4 Å².